The second kappa shape index (κ2) is 12.7. The van der Waals surface area contributed by atoms with Crippen molar-refractivity contribution in [1.82, 2.24) is 19.8 Å². The molecule has 3 aromatic rings. The van der Waals surface area contributed by atoms with E-state index in [2.05, 4.69) is 33.0 Å². The van der Waals surface area contributed by atoms with E-state index < -0.39 is 6.04 Å². The maximum atomic E-state index is 13.6. The van der Waals surface area contributed by atoms with Crippen LogP contribution in [0, 0.1) is 0 Å². The lowest BCUT2D eigenvalue weighted by atomic mass is 10.1. The average molecular weight is 525 g/mol. The fraction of sp³-hybridized carbons (Fsp3) is 0.483. The highest BCUT2D eigenvalue weighted by atomic mass is 16.5. The van der Waals surface area contributed by atoms with Gasteiger partial charge in [0.2, 0.25) is 11.7 Å². The third-order valence-corrected chi connectivity index (χ3v) is 7.06. The number of nitrogens with zero attached hydrogens (tertiary/aromatic N) is 3. The number of hydrogen-bond acceptors (Lipinski definition) is 6. The molecular formula is C29H40N4O5. The lowest BCUT2D eigenvalue weighted by molar-refractivity contribution is -0.136. The van der Waals surface area contributed by atoms with E-state index in [1.54, 1.807) is 12.1 Å². The third kappa shape index (κ3) is 5.87. The van der Waals surface area contributed by atoms with Gasteiger partial charge in [-0.3, -0.25) is 9.59 Å². The highest BCUT2D eigenvalue weighted by Gasteiger charge is 2.27. The number of rotatable bonds is 12. The third-order valence-electron chi connectivity index (χ3n) is 7.06. The summed E-state index contributed by atoms with van der Waals surface area (Å²) < 4.78 is 18.1. The fourth-order valence-corrected chi connectivity index (χ4v) is 4.68. The molecule has 206 valence electrons. The predicted molar refractivity (Wildman–Crippen MR) is 148 cm³/mol. The second-order valence-electron chi connectivity index (χ2n) is 9.47. The monoisotopic (exact) mass is 524 g/mol. The molecule has 0 aliphatic rings. The molecule has 1 N–H and O–H groups in total. The minimum atomic E-state index is -0.484. The summed E-state index contributed by atoms with van der Waals surface area (Å²) >= 11 is 0. The first-order chi connectivity index (χ1) is 18.2. The first kappa shape index (κ1) is 28.8. The molecule has 0 aliphatic heterocycles. The van der Waals surface area contributed by atoms with E-state index in [-0.39, 0.29) is 30.4 Å². The van der Waals surface area contributed by atoms with Gasteiger partial charge in [-0.05, 0) is 57.9 Å². The summed E-state index contributed by atoms with van der Waals surface area (Å²) in [5.41, 5.74) is 1.96. The molecule has 0 radical (unpaired) electrons. The summed E-state index contributed by atoms with van der Waals surface area (Å²) in [6.07, 6.45) is 1.74. The van der Waals surface area contributed by atoms with Gasteiger partial charge < -0.3 is 29.0 Å². The number of carbonyl (C=O) groups excluding carboxylic acids is 2. The Morgan fingerprint density at radius 3 is 2.05 bits per heavy atom. The van der Waals surface area contributed by atoms with Crippen LogP contribution in [-0.4, -0.2) is 59.7 Å². The number of para-hydroxylation sites is 2. The van der Waals surface area contributed by atoms with Crippen LogP contribution >= 0.6 is 0 Å². The number of imidazole rings is 1. The standard InChI is InChI=1S/C29H40N4O5/c1-9-18(3)33(19(4)10-2)26(34)17-32-23-14-12-11-13-22(23)31-28(32)20(5)30-29(35)21-15-24(36-6)27(38-8)25(16-21)37-7/h11-16,18-20H,9-10,17H2,1-8H3,(H,30,35). The number of carbonyl (C=O) groups is 2. The maximum Gasteiger partial charge on any atom is 0.252 e. The van der Waals surface area contributed by atoms with Crippen molar-refractivity contribution in [3.63, 3.8) is 0 Å². The predicted octanol–water partition coefficient (Wildman–Crippen LogP) is 4.98. The van der Waals surface area contributed by atoms with Crippen LogP contribution in [0.25, 0.3) is 11.0 Å². The molecule has 2 aromatic carbocycles. The number of amides is 2. The van der Waals surface area contributed by atoms with Gasteiger partial charge in [-0.15, -0.1) is 0 Å². The van der Waals surface area contributed by atoms with E-state index in [9.17, 15) is 9.59 Å². The molecule has 0 spiro atoms. The summed E-state index contributed by atoms with van der Waals surface area (Å²) in [4.78, 5) is 33.7. The molecule has 38 heavy (non-hydrogen) atoms. The zero-order chi connectivity index (χ0) is 28.0. The van der Waals surface area contributed by atoms with Crippen molar-refractivity contribution < 1.29 is 23.8 Å². The van der Waals surface area contributed by atoms with Gasteiger partial charge in [0.05, 0.1) is 38.4 Å². The van der Waals surface area contributed by atoms with Crippen LogP contribution < -0.4 is 19.5 Å². The molecule has 3 atom stereocenters. The Bertz CT molecular complexity index is 1240. The largest absolute Gasteiger partial charge is 0.493 e. The summed E-state index contributed by atoms with van der Waals surface area (Å²) in [6, 6.07) is 10.7. The molecule has 1 heterocycles. The van der Waals surface area contributed by atoms with Gasteiger partial charge >= 0.3 is 0 Å². The van der Waals surface area contributed by atoms with Crippen molar-refractivity contribution in [2.45, 2.75) is 72.1 Å². The number of methoxy groups -OCH3 is 3. The zero-order valence-corrected chi connectivity index (χ0v) is 23.7. The lowest BCUT2D eigenvalue weighted by Crippen LogP contribution is -2.46. The molecule has 3 rings (SSSR count). The molecule has 0 bridgehead atoms. The topological polar surface area (TPSA) is 94.9 Å². The van der Waals surface area contributed by atoms with Gasteiger partial charge in [0.25, 0.3) is 5.91 Å². The second-order valence-corrected chi connectivity index (χ2v) is 9.47. The van der Waals surface area contributed by atoms with Crippen molar-refractivity contribution in [3.8, 4) is 17.2 Å². The van der Waals surface area contributed by atoms with Gasteiger partial charge in [0, 0.05) is 17.6 Å². The van der Waals surface area contributed by atoms with Crippen LogP contribution in [0.4, 0.5) is 0 Å². The van der Waals surface area contributed by atoms with E-state index in [4.69, 9.17) is 19.2 Å². The molecule has 0 fully saturated rings. The average Bonchev–Trinajstić information content (AvgIpc) is 3.30. The van der Waals surface area contributed by atoms with Crippen LogP contribution in [0.3, 0.4) is 0 Å². The number of aromatic nitrogens is 2. The van der Waals surface area contributed by atoms with Crippen LogP contribution in [0.15, 0.2) is 36.4 Å². The lowest BCUT2D eigenvalue weighted by Gasteiger charge is -2.34. The van der Waals surface area contributed by atoms with Crippen LogP contribution in [0.1, 0.15) is 69.7 Å². The molecule has 3 unspecified atom stereocenters. The first-order valence-electron chi connectivity index (χ1n) is 13.1. The first-order valence-corrected chi connectivity index (χ1v) is 13.1. The Kier molecular flexibility index (Phi) is 9.61. The molecule has 9 nitrogen and oxygen atoms in total. The fourth-order valence-electron chi connectivity index (χ4n) is 4.68. The molecular weight excluding hydrogens is 484 g/mol. The molecule has 0 saturated heterocycles. The van der Waals surface area contributed by atoms with Gasteiger partial charge in [-0.2, -0.15) is 0 Å². The highest BCUT2D eigenvalue weighted by Crippen LogP contribution is 2.38. The van der Waals surface area contributed by atoms with Crippen LogP contribution in [0.5, 0.6) is 17.2 Å². The van der Waals surface area contributed by atoms with Gasteiger partial charge in [-0.1, -0.05) is 26.0 Å². The smallest absolute Gasteiger partial charge is 0.252 e. The van der Waals surface area contributed by atoms with Crippen molar-refractivity contribution in [2.75, 3.05) is 21.3 Å². The van der Waals surface area contributed by atoms with E-state index in [1.165, 1.54) is 21.3 Å². The number of nitrogens with one attached hydrogen (secondary N) is 1. The van der Waals surface area contributed by atoms with Crippen molar-refractivity contribution in [3.05, 3.63) is 47.8 Å². The molecule has 0 aliphatic carbocycles. The van der Waals surface area contributed by atoms with Crippen molar-refractivity contribution >= 4 is 22.8 Å². The molecule has 1 aromatic heterocycles. The Hall–Kier alpha value is -3.75. The Morgan fingerprint density at radius 1 is 0.947 bits per heavy atom. The van der Waals surface area contributed by atoms with E-state index in [1.807, 2.05) is 40.7 Å². The number of hydrogen-bond donors (Lipinski definition) is 1. The number of benzene rings is 2. The van der Waals surface area contributed by atoms with Gasteiger partial charge in [0.1, 0.15) is 12.4 Å². The quantitative estimate of drug-likeness (QED) is 0.359. The minimum Gasteiger partial charge on any atom is -0.493 e. The molecule has 9 heteroatoms. The Morgan fingerprint density at radius 2 is 1.53 bits per heavy atom. The summed E-state index contributed by atoms with van der Waals surface area (Å²) in [5.74, 6) is 1.49. The Balaban J connectivity index is 1.96. The van der Waals surface area contributed by atoms with Crippen molar-refractivity contribution in [1.29, 1.82) is 0 Å². The van der Waals surface area contributed by atoms with Crippen LogP contribution in [0.2, 0.25) is 0 Å². The number of fused-ring (bicyclic) bond motifs is 1. The van der Waals surface area contributed by atoms with E-state index in [0.717, 1.165) is 23.9 Å². The summed E-state index contributed by atoms with van der Waals surface area (Å²) in [7, 11) is 4.52. The molecule has 2 amide bonds. The zero-order valence-electron chi connectivity index (χ0n) is 23.7. The minimum absolute atomic E-state index is 0.0289. The van der Waals surface area contributed by atoms with E-state index in [0.29, 0.717) is 28.6 Å². The summed E-state index contributed by atoms with van der Waals surface area (Å²) in [6.45, 7) is 10.3. The SMILES string of the molecule is CCC(C)N(C(=O)Cn1c(C(C)NC(=O)c2cc(OC)c(OC)c(OC)c2)nc2ccccc21)C(C)CC. The Labute approximate surface area is 225 Å². The van der Waals surface area contributed by atoms with E-state index >= 15 is 0 Å². The van der Waals surface area contributed by atoms with Gasteiger partial charge in [0.15, 0.2) is 11.5 Å². The normalized spacial score (nSPS) is 13.5. The maximum absolute atomic E-state index is 13.6. The van der Waals surface area contributed by atoms with Gasteiger partial charge in [-0.25, -0.2) is 4.98 Å². The van der Waals surface area contributed by atoms with Crippen molar-refractivity contribution in [2.24, 2.45) is 0 Å². The summed E-state index contributed by atoms with van der Waals surface area (Å²) in [5, 5.41) is 3.03. The molecule has 0 saturated carbocycles. The highest BCUT2D eigenvalue weighted by molar-refractivity contribution is 5.96. The number of ether oxygens (including phenoxy) is 3. The van der Waals surface area contributed by atoms with Crippen LogP contribution in [-0.2, 0) is 11.3 Å².